The molecule has 1 aromatic heterocycles. The van der Waals surface area contributed by atoms with Crippen LogP contribution in [0.4, 0.5) is 0 Å². The minimum Gasteiger partial charge on any atom is -0.298 e. The van der Waals surface area contributed by atoms with Gasteiger partial charge in [0.15, 0.2) is 6.29 Å². The van der Waals surface area contributed by atoms with Crippen molar-refractivity contribution in [3.05, 3.63) is 46.4 Å². The zero-order chi connectivity index (χ0) is 11.1. The summed E-state index contributed by atoms with van der Waals surface area (Å²) in [5.41, 5.74) is 0.766. The van der Waals surface area contributed by atoms with Crippen LogP contribution in [0.25, 0.3) is 20.2 Å². The Hall–Kier alpha value is -1.19. The maximum atomic E-state index is 11.0. The van der Waals surface area contributed by atoms with Crippen molar-refractivity contribution in [3.8, 4) is 0 Å². The summed E-state index contributed by atoms with van der Waals surface area (Å²) in [6.07, 6.45) is 0.926. The summed E-state index contributed by atoms with van der Waals surface area (Å²) in [7, 11) is 0. The third-order valence-corrected chi connectivity index (χ3v) is 4.25. The molecule has 16 heavy (non-hydrogen) atoms. The summed E-state index contributed by atoms with van der Waals surface area (Å²) in [4.78, 5) is 11.0. The molecule has 0 amide bonds. The average molecular weight is 291 g/mol. The third kappa shape index (κ3) is 1.39. The van der Waals surface area contributed by atoms with Gasteiger partial charge >= 0.3 is 0 Å². The number of thiophene rings is 1. The van der Waals surface area contributed by atoms with E-state index in [9.17, 15) is 4.79 Å². The predicted octanol–water partition coefficient (Wildman–Crippen LogP) is 4.63. The van der Waals surface area contributed by atoms with Gasteiger partial charge in [0.25, 0.3) is 0 Å². The van der Waals surface area contributed by atoms with Gasteiger partial charge in [0, 0.05) is 30.2 Å². The molecular weight excluding hydrogens is 284 g/mol. The van der Waals surface area contributed by atoms with Crippen LogP contribution < -0.4 is 0 Å². The largest absolute Gasteiger partial charge is 0.298 e. The number of hydrogen-bond acceptors (Lipinski definition) is 2. The van der Waals surface area contributed by atoms with Crippen molar-refractivity contribution in [1.82, 2.24) is 0 Å². The molecule has 0 spiro atoms. The van der Waals surface area contributed by atoms with Crippen molar-refractivity contribution in [2.75, 3.05) is 0 Å². The first-order chi connectivity index (χ1) is 7.79. The lowest BCUT2D eigenvalue weighted by Gasteiger charge is -1.96. The molecule has 3 heteroatoms. The zero-order valence-corrected chi connectivity index (χ0v) is 10.6. The fourth-order valence-electron chi connectivity index (χ4n) is 1.92. The molecule has 0 atom stereocenters. The second-order valence-corrected chi connectivity index (χ2v) is 5.58. The third-order valence-electron chi connectivity index (χ3n) is 2.62. The molecule has 0 aliphatic carbocycles. The second-order valence-electron chi connectivity index (χ2n) is 3.58. The molecule has 0 radical (unpaired) electrons. The molecular formula is C13H7BrOS. The first-order valence-electron chi connectivity index (χ1n) is 4.85. The first-order valence-corrected chi connectivity index (χ1v) is 6.46. The summed E-state index contributed by atoms with van der Waals surface area (Å²) < 4.78 is 3.42. The number of benzene rings is 2. The molecule has 3 aromatic rings. The maximum absolute atomic E-state index is 11.0. The highest BCUT2D eigenvalue weighted by atomic mass is 79.9. The standard InChI is InChI=1S/C13H7BrOS/c14-9-4-5-11-10(6-9)13-8(7-15)2-1-3-12(13)16-11/h1-7H. The van der Waals surface area contributed by atoms with Gasteiger partial charge in [-0.1, -0.05) is 28.1 Å². The van der Waals surface area contributed by atoms with E-state index < -0.39 is 0 Å². The van der Waals surface area contributed by atoms with Crippen LogP contribution in [-0.4, -0.2) is 6.29 Å². The Labute approximate surface area is 105 Å². The summed E-state index contributed by atoms with van der Waals surface area (Å²) in [6.45, 7) is 0. The lowest BCUT2D eigenvalue weighted by Crippen LogP contribution is -1.79. The Morgan fingerprint density at radius 2 is 2.00 bits per heavy atom. The summed E-state index contributed by atoms with van der Waals surface area (Å²) >= 11 is 5.19. The molecule has 0 aliphatic heterocycles. The molecule has 3 rings (SSSR count). The van der Waals surface area contributed by atoms with E-state index in [4.69, 9.17) is 0 Å². The fraction of sp³-hybridized carbons (Fsp3) is 0. The van der Waals surface area contributed by atoms with Gasteiger partial charge in [-0.25, -0.2) is 0 Å². The molecule has 0 fully saturated rings. The smallest absolute Gasteiger partial charge is 0.150 e. The Morgan fingerprint density at radius 1 is 1.12 bits per heavy atom. The van der Waals surface area contributed by atoms with E-state index in [0.717, 1.165) is 31.8 Å². The number of rotatable bonds is 1. The van der Waals surface area contributed by atoms with Crippen molar-refractivity contribution in [1.29, 1.82) is 0 Å². The van der Waals surface area contributed by atoms with Gasteiger partial charge in [0.1, 0.15) is 0 Å². The maximum Gasteiger partial charge on any atom is 0.150 e. The first kappa shape index (κ1) is 10.00. The van der Waals surface area contributed by atoms with E-state index in [1.54, 1.807) is 11.3 Å². The van der Waals surface area contributed by atoms with Crippen molar-refractivity contribution >= 4 is 53.7 Å². The summed E-state index contributed by atoms with van der Waals surface area (Å²) in [5.74, 6) is 0. The lowest BCUT2D eigenvalue weighted by atomic mass is 10.1. The molecule has 0 N–H and O–H groups in total. The SMILES string of the molecule is O=Cc1cccc2sc3ccc(Br)cc3c12. The van der Waals surface area contributed by atoms with E-state index in [-0.39, 0.29) is 0 Å². The molecule has 78 valence electrons. The van der Waals surface area contributed by atoms with Crippen LogP contribution in [0.15, 0.2) is 40.9 Å². The van der Waals surface area contributed by atoms with Gasteiger partial charge in [0.2, 0.25) is 0 Å². The summed E-state index contributed by atoms with van der Waals surface area (Å²) in [6, 6.07) is 12.0. The highest BCUT2D eigenvalue weighted by molar-refractivity contribution is 9.10. The van der Waals surface area contributed by atoms with Crippen LogP contribution in [0, 0.1) is 0 Å². The monoisotopic (exact) mass is 290 g/mol. The van der Waals surface area contributed by atoms with E-state index in [1.807, 2.05) is 18.2 Å². The van der Waals surface area contributed by atoms with E-state index in [1.165, 1.54) is 4.70 Å². The average Bonchev–Trinajstić information content (AvgIpc) is 2.66. The minimum absolute atomic E-state index is 0.766. The number of fused-ring (bicyclic) bond motifs is 3. The second kappa shape index (κ2) is 3.68. The van der Waals surface area contributed by atoms with Crippen LogP contribution in [0.5, 0.6) is 0 Å². The van der Waals surface area contributed by atoms with Crippen LogP contribution >= 0.6 is 27.3 Å². The highest BCUT2D eigenvalue weighted by Crippen LogP contribution is 2.36. The topological polar surface area (TPSA) is 17.1 Å². The Bertz CT molecular complexity index is 700. The van der Waals surface area contributed by atoms with Crippen molar-refractivity contribution in [3.63, 3.8) is 0 Å². The molecule has 0 bridgehead atoms. The van der Waals surface area contributed by atoms with Crippen LogP contribution in [0.2, 0.25) is 0 Å². The van der Waals surface area contributed by atoms with Crippen molar-refractivity contribution in [2.45, 2.75) is 0 Å². The number of hydrogen-bond donors (Lipinski definition) is 0. The highest BCUT2D eigenvalue weighted by Gasteiger charge is 2.08. The minimum atomic E-state index is 0.766. The zero-order valence-electron chi connectivity index (χ0n) is 8.24. The molecule has 2 aromatic carbocycles. The van der Waals surface area contributed by atoms with Crippen molar-refractivity contribution in [2.24, 2.45) is 0 Å². The Kier molecular flexibility index (Phi) is 2.30. The van der Waals surface area contributed by atoms with Gasteiger partial charge in [-0.2, -0.15) is 0 Å². The van der Waals surface area contributed by atoms with Gasteiger partial charge in [-0.15, -0.1) is 11.3 Å². The van der Waals surface area contributed by atoms with Crippen LogP contribution in [0.1, 0.15) is 10.4 Å². The van der Waals surface area contributed by atoms with E-state index in [0.29, 0.717) is 0 Å². The molecule has 0 unspecified atom stereocenters. The number of halogens is 1. The normalized spacial score (nSPS) is 11.1. The number of carbonyl (C=O) groups excluding carboxylic acids is 1. The van der Waals surface area contributed by atoms with Gasteiger partial charge in [-0.05, 0) is 24.3 Å². The fourth-order valence-corrected chi connectivity index (χ4v) is 3.41. The summed E-state index contributed by atoms with van der Waals surface area (Å²) in [5, 5.41) is 2.22. The Balaban J connectivity index is 2.59. The van der Waals surface area contributed by atoms with E-state index >= 15 is 0 Å². The van der Waals surface area contributed by atoms with Crippen LogP contribution in [0.3, 0.4) is 0 Å². The molecule has 1 nitrogen and oxygen atoms in total. The van der Waals surface area contributed by atoms with Gasteiger partial charge < -0.3 is 0 Å². The van der Waals surface area contributed by atoms with Crippen molar-refractivity contribution < 1.29 is 4.79 Å². The molecule has 0 saturated heterocycles. The van der Waals surface area contributed by atoms with Crippen LogP contribution in [-0.2, 0) is 0 Å². The molecule has 1 heterocycles. The quantitative estimate of drug-likeness (QED) is 0.597. The van der Waals surface area contributed by atoms with E-state index in [2.05, 4.69) is 34.1 Å². The number of carbonyl (C=O) groups is 1. The van der Waals surface area contributed by atoms with Gasteiger partial charge in [-0.3, -0.25) is 4.79 Å². The molecule has 0 aliphatic rings. The predicted molar refractivity (Wildman–Crippen MR) is 72.4 cm³/mol. The Morgan fingerprint density at radius 3 is 2.81 bits per heavy atom. The number of aldehydes is 1. The molecule has 0 saturated carbocycles. The lowest BCUT2D eigenvalue weighted by molar-refractivity contribution is 0.112. The van der Waals surface area contributed by atoms with Gasteiger partial charge in [0.05, 0.1) is 0 Å².